The third-order valence-corrected chi connectivity index (χ3v) is 22.4. The molecule has 0 bridgehead atoms. The van der Waals surface area contributed by atoms with Crippen molar-refractivity contribution in [2.45, 2.75) is 129 Å². The molecule has 13 aromatic carbocycles. The monoisotopic (exact) mass is 1400 g/mol. The summed E-state index contributed by atoms with van der Waals surface area (Å²) in [5.74, 6) is 0. The van der Waals surface area contributed by atoms with Gasteiger partial charge in [-0.3, -0.25) is 0 Å². The maximum atomic E-state index is 3.83. The van der Waals surface area contributed by atoms with Crippen LogP contribution in [0.3, 0.4) is 0 Å². The Morgan fingerprint density at radius 1 is 0.276 bits per heavy atom. The van der Waals surface area contributed by atoms with Crippen LogP contribution in [0.5, 0.6) is 0 Å². The Morgan fingerprint density at radius 3 is 1.03 bits per heavy atom. The Labute approximate surface area is 598 Å². The van der Waals surface area contributed by atoms with Crippen LogP contribution in [-0.2, 0) is 32.5 Å². The van der Waals surface area contributed by atoms with Crippen molar-refractivity contribution in [1.82, 2.24) is 0 Å². The average molecular weight is 1400 g/mol. The summed E-state index contributed by atoms with van der Waals surface area (Å²) < 4.78 is 2.07. The van der Waals surface area contributed by atoms with Crippen molar-refractivity contribution in [1.29, 1.82) is 0 Å². The van der Waals surface area contributed by atoms with Crippen LogP contribution in [0, 0.1) is 13.8 Å². The van der Waals surface area contributed by atoms with Gasteiger partial charge < -0.3 is 9.80 Å². The molecule has 0 fully saturated rings. The van der Waals surface area contributed by atoms with Gasteiger partial charge in [-0.05, 0) is 232 Å². The Hall–Kier alpha value is -9.06. The minimum Gasteiger partial charge on any atom is -0.310 e. The summed E-state index contributed by atoms with van der Waals surface area (Å²) in [6.07, 6.45) is 0. The molecule has 2 nitrogen and oxygen atoms in total. The predicted molar refractivity (Wildman–Crippen MR) is 425 cm³/mol. The van der Waals surface area contributed by atoms with Crippen molar-refractivity contribution in [3.05, 3.63) is 354 Å². The van der Waals surface area contributed by atoms with E-state index in [0.29, 0.717) is 0 Å². The molecule has 0 spiro atoms. The van der Waals surface area contributed by atoms with E-state index in [1.165, 1.54) is 122 Å². The first-order valence-corrected chi connectivity index (χ1v) is 36.3. The molecule has 13 aromatic rings. The summed E-state index contributed by atoms with van der Waals surface area (Å²) >= 11 is 7.64. The molecule has 0 aliphatic heterocycles. The molecule has 0 radical (unpaired) electrons. The van der Waals surface area contributed by atoms with E-state index >= 15 is 0 Å². The van der Waals surface area contributed by atoms with Gasteiger partial charge in [0.1, 0.15) is 0 Å². The Kier molecular flexibility index (Phi) is 15.8. The quantitative estimate of drug-likeness (QED) is 0.135. The largest absolute Gasteiger partial charge is 0.310 e. The third-order valence-electron chi connectivity index (χ3n) is 21.3. The van der Waals surface area contributed by atoms with Crippen LogP contribution in [0.1, 0.15) is 161 Å². The van der Waals surface area contributed by atoms with Gasteiger partial charge in [0.2, 0.25) is 0 Å². The molecule has 2 aliphatic rings. The zero-order chi connectivity index (χ0) is 68.6. The molecule has 0 saturated carbocycles. The fraction of sp³-hybridized carbons (Fsp3) is 0.213. The first-order chi connectivity index (χ1) is 46.7. The zero-order valence-corrected chi connectivity index (χ0v) is 62.2. The van der Waals surface area contributed by atoms with Crippen molar-refractivity contribution in [2.75, 3.05) is 9.80 Å². The molecule has 0 unspecified atom stereocenters. The van der Waals surface area contributed by atoms with Crippen LogP contribution >= 0.6 is 31.9 Å². The van der Waals surface area contributed by atoms with Gasteiger partial charge in [-0.15, -0.1) is 0 Å². The smallest absolute Gasteiger partial charge is 0.0714 e. The van der Waals surface area contributed by atoms with Gasteiger partial charge in [-0.2, -0.15) is 0 Å². The van der Waals surface area contributed by atoms with Crippen LogP contribution < -0.4 is 9.80 Å². The SMILES string of the molecule is Cc1ccc(N(c2ccc(Br)cc2)c2cc3c(c4ccccc24)-c2cc4c(cc2C3(c2ccc(C(C)(C)C)cc2)c2ccc(C(C)(C)C)cc2)-c2ccc(N(c3ccc(C)cc3)c3ccc(Br)cc3)c3cccc(c23)C4(c2ccc(C(C)(C)C)cc2)c2ccc(C(C)(C)C)cc2)cc1. The maximum Gasteiger partial charge on any atom is 0.0714 e. The van der Waals surface area contributed by atoms with E-state index in [1.807, 2.05) is 0 Å². The number of benzene rings is 13. The van der Waals surface area contributed by atoms with E-state index < -0.39 is 10.8 Å². The first kappa shape index (κ1) is 64.9. The van der Waals surface area contributed by atoms with E-state index in [1.54, 1.807) is 0 Å². The lowest BCUT2D eigenvalue weighted by atomic mass is 9.58. The molecule has 0 heterocycles. The summed E-state index contributed by atoms with van der Waals surface area (Å²) in [5.41, 5.74) is 27.1. The standard InChI is InChI=1S/C94H86Br2N2/c1-59-22-46-71(47-23-59)97(73-50-42-69(95)43-51-73)85-55-54-77-79-56-83-80(57-82(79)93(81-21-17-20-78(85)87(77)81,65-34-26-61(27-35-65)89(3,4)5)66-36-28-62(29-37-66)90(6,7)8)88-76-19-16-15-18-75(76)86(98(72-48-24-60(2)25-49-72)74-52-44-70(96)45-53-74)58-84(88)94(83,67-38-30-63(31-39-67)91(9,10)11)68-40-32-64(33-41-68)92(12,13)14/h15-58H,1-14H3. The minimum absolute atomic E-state index is 0.0746. The average Bonchev–Trinajstić information content (AvgIpc) is 1.37. The fourth-order valence-corrected chi connectivity index (χ4v) is 16.6. The molecule has 98 heavy (non-hydrogen) atoms. The van der Waals surface area contributed by atoms with Crippen molar-refractivity contribution < 1.29 is 0 Å². The van der Waals surface area contributed by atoms with Crippen molar-refractivity contribution >= 4 is 87.5 Å². The second kappa shape index (κ2) is 23.9. The number of aryl methyl sites for hydroxylation is 2. The second-order valence-corrected chi connectivity index (χ2v) is 33.6. The number of rotatable bonds is 10. The molecule has 2 aliphatic carbocycles. The Bertz CT molecular complexity index is 5000. The van der Waals surface area contributed by atoms with E-state index in [4.69, 9.17) is 0 Å². The van der Waals surface area contributed by atoms with E-state index in [9.17, 15) is 0 Å². The Balaban J connectivity index is 1.15. The van der Waals surface area contributed by atoms with Gasteiger partial charge >= 0.3 is 0 Å². The van der Waals surface area contributed by atoms with Gasteiger partial charge in [0.15, 0.2) is 0 Å². The lowest BCUT2D eigenvalue weighted by molar-refractivity contribution is 0.588. The Morgan fingerprint density at radius 2 is 0.622 bits per heavy atom. The van der Waals surface area contributed by atoms with Crippen LogP contribution in [0.2, 0.25) is 0 Å². The van der Waals surface area contributed by atoms with E-state index in [0.717, 1.165) is 43.1 Å². The number of hydrogen-bond donors (Lipinski definition) is 0. The summed E-state index contributed by atoms with van der Waals surface area (Å²) in [5, 5.41) is 4.81. The topological polar surface area (TPSA) is 6.48 Å². The number of halogens is 2. The van der Waals surface area contributed by atoms with Gasteiger partial charge in [-0.25, -0.2) is 0 Å². The number of nitrogens with zero attached hydrogens (tertiary/aromatic N) is 2. The lowest BCUT2D eigenvalue weighted by Crippen LogP contribution is -2.35. The van der Waals surface area contributed by atoms with Crippen LogP contribution in [0.25, 0.3) is 43.8 Å². The highest BCUT2D eigenvalue weighted by molar-refractivity contribution is 9.10. The lowest BCUT2D eigenvalue weighted by Gasteiger charge is -2.44. The summed E-state index contributed by atoms with van der Waals surface area (Å²) in [6, 6.07) is 104. The number of fused-ring (bicyclic) bond motifs is 7. The molecule has 486 valence electrons. The normalized spacial score (nSPS) is 13.9. The summed E-state index contributed by atoms with van der Waals surface area (Å²) in [6.45, 7) is 32.3. The maximum absolute atomic E-state index is 3.83. The molecule has 0 atom stereocenters. The van der Waals surface area contributed by atoms with Crippen molar-refractivity contribution in [3.8, 4) is 22.3 Å². The van der Waals surface area contributed by atoms with Crippen LogP contribution in [0.15, 0.2) is 276 Å². The molecule has 4 heteroatoms. The van der Waals surface area contributed by atoms with Gasteiger partial charge in [0.05, 0.1) is 22.2 Å². The highest BCUT2D eigenvalue weighted by atomic mass is 79.9. The summed E-state index contributed by atoms with van der Waals surface area (Å²) in [4.78, 5) is 4.96. The first-order valence-electron chi connectivity index (χ1n) is 34.8. The molecular weight excluding hydrogens is 1320 g/mol. The minimum atomic E-state index is -0.852. The van der Waals surface area contributed by atoms with E-state index in [-0.39, 0.29) is 21.7 Å². The van der Waals surface area contributed by atoms with Crippen LogP contribution in [0.4, 0.5) is 34.1 Å². The second-order valence-electron chi connectivity index (χ2n) is 31.8. The summed E-state index contributed by atoms with van der Waals surface area (Å²) in [7, 11) is 0. The molecular formula is C94H86Br2N2. The highest BCUT2D eigenvalue weighted by Gasteiger charge is 2.52. The number of anilines is 6. The highest BCUT2D eigenvalue weighted by Crippen LogP contribution is 2.65. The molecule has 0 amide bonds. The number of hydrogen-bond acceptors (Lipinski definition) is 2. The molecule has 0 saturated heterocycles. The fourth-order valence-electron chi connectivity index (χ4n) is 16.1. The van der Waals surface area contributed by atoms with Gasteiger partial charge in [-0.1, -0.05) is 296 Å². The van der Waals surface area contributed by atoms with Crippen molar-refractivity contribution in [2.24, 2.45) is 0 Å². The zero-order valence-electron chi connectivity index (χ0n) is 59.1. The molecule has 0 aromatic heterocycles. The van der Waals surface area contributed by atoms with E-state index in [2.05, 4.69) is 406 Å². The molecule has 15 rings (SSSR count). The van der Waals surface area contributed by atoms with Crippen molar-refractivity contribution in [3.63, 3.8) is 0 Å². The predicted octanol–water partition coefficient (Wildman–Crippen LogP) is 27.0. The van der Waals surface area contributed by atoms with Gasteiger partial charge in [0, 0.05) is 42.5 Å². The third kappa shape index (κ3) is 10.7. The van der Waals surface area contributed by atoms with Gasteiger partial charge in [0.25, 0.3) is 0 Å². The molecule has 0 N–H and O–H groups in total. The van der Waals surface area contributed by atoms with Crippen LogP contribution in [-0.4, -0.2) is 0 Å².